The van der Waals surface area contributed by atoms with Crippen molar-refractivity contribution in [1.82, 2.24) is 9.88 Å². The van der Waals surface area contributed by atoms with E-state index in [1.807, 2.05) is 60.8 Å². The molecule has 0 aliphatic carbocycles. The van der Waals surface area contributed by atoms with Crippen LogP contribution in [0.2, 0.25) is 0 Å². The summed E-state index contributed by atoms with van der Waals surface area (Å²) in [4.78, 5) is 29.8. The van der Waals surface area contributed by atoms with E-state index in [4.69, 9.17) is 16.3 Å². The van der Waals surface area contributed by atoms with Crippen molar-refractivity contribution in [2.24, 2.45) is 0 Å². The van der Waals surface area contributed by atoms with Crippen molar-refractivity contribution in [3.05, 3.63) is 71.9 Å². The summed E-state index contributed by atoms with van der Waals surface area (Å²) < 4.78 is 5.00. The first-order chi connectivity index (χ1) is 13.1. The Balaban J connectivity index is 1.94. The maximum absolute atomic E-state index is 12.6. The van der Waals surface area contributed by atoms with Crippen LogP contribution in [0.4, 0.5) is 0 Å². The highest BCUT2D eigenvalue weighted by atomic mass is 35.5. The van der Waals surface area contributed by atoms with Gasteiger partial charge in [-0.05, 0) is 17.2 Å². The zero-order valence-electron chi connectivity index (χ0n) is 15.0. The number of hydrogen-bond acceptors (Lipinski definition) is 3. The number of hydrogen-bond donors (Lipinski definition) is 1. The van der Waals surface area contributed by atoms with E-state index >= 15 is 0 Å². The van der Waals surface area contributed by atoms with Crippen molar-refractivity contribution in [1.29, 1.82) is 0 Å². The summed E-state index contributed by atoms with van der Waals surface area (Å²) >= 11 is 5.83. The van der Waals surface area contributed by atoms with Gasteiger partial charge in [0.1, 0.15) is 11.9 Å². The smallest absolute Gasteiger partial charge is 0.328 e. The number of esters is 1. The van der Waals surface area contributed by atoms with Crippen molar-refractivity contribution < 1.29 is 14.3 Å². The van der Waals surface area contributed by atoms with Gasteiger partial charge in [-0.25, -0.2) is 4.79 Å². The van der Waals surface area contributed by atoms with Crippen LogP contribution in [0.5, 0.6) is 0 Å². The standard InChI is InChI=1S/C21H21ClN2O3/c1-27-21(26)19(11-16-13-23-18-10-6-5-9-17(16)18)24(20(25)12-22)14-15-7-3-2-4-8-15/h2-10,13,19,23H,11-12,14H2,1H3/t19-/m0/s1. The molecule has 1 heterocycles. The number of amides is 1. The molecule has 0 aliphatic rings. The van der Waals surface area contributed by atoms with Crippen LogP contribution in [0.15, 0.2) is 60.8 Å². The molecule has 0 saturated heterocycles. The molecule has 1 atom stereocenters. The lowest BCUT2D eigenvalue weighted by Gasteiger charge is -2.29. The summed E-state index contributed by atoms with van der Waals surface area (Å²) in [6.45, 7) is 0.286. The molecule has 3 aromatic rings. The molecule has 6 heteroatoms. The number of alkyl halides is 1. The minimum atomic E-state index is -0.763. The molecular formula is C21H21ClN2O3. The fraction of sp³-hybridized carbons (Fsp3) is 0.238. The van der Waals surface area contributed by atoms with Crippen LogP contribution in [0.3, 0.4) is 0 Å². The van der Waals surface area contributed by atoms with E-state index < -0.39 is 12.0 Å². The number of halogens is 1. The highest BCUT2D eigenvalue weighted by Gasteiger charge is 2.31. The molecule has 0 aliphatic heterocycles. The molecule has 1 amide bonds. The van der Waals surface area contributed by atoms with Gasteiger partial charge in [0.15, 0.2) is 0 Å². The number of fused-ring (bicyclic) bond motifs is 1. The first kappa shape index (κ1) is 19.0. The van der Waals surface area contributed by atoms with Gasteiger partial charge in [-0.3, -0.25) is 4.79 Å². The van der Waals surface area contributed by atoms with Crippen LogP contribution in [0.25, 0.3) is 10.9 Å². The lowest BCUT2D eigenvalue weighted by molar-refractivity contribution is -0.152. The lowest BCUT2D eigenvalue weighted by Crippen LogP contribution is -2.47. The van der Waals surface area contributed by atoms with Crippen molar-refractivity contribution in [2.45, 2.75) is 19.0 Å². The Morgan fingerprint density at radius 1 is 1.11 bits per heavy atom. The molecule has 2 aromatic carbocycles. The van der Waals surface area contributed by atoms with E-state index in [1.54, 1.807) is 0 Å². The van der Waals surface area contributed by atoms with Gasteiger partial charge in [0.2, 0.25) is 5.91 Å². The number of rotatable bonds is 7. The number of nitrogens with one attached hydrogen (secondary N) is 1. The molecule has 1 N–H and O–H groups in total. The Morgan fingerprint density at radius 3 is 2.52 bits per heavy atom. The maximum Gasteiger partial charge on any atom is 0.328 e. The third kappa shape index (κ3) is 4.31. The largest absolute Gasteiger partial charge is 0.467 e. The Kier molecular flexibility index (Phi) is 6.14. The fourth-order valence-corrected chi connectivity index (χ4v) is 3.35. The number of nitrogens with zero attached hydrogens (tertiary/aromatic N) is 1. The summed E-state index contributed by atoms with van der Waals surface area (Å²) in [6.07, 6.45) is 2.21. The Bertz CT molecular complexity index is 923. The molecular weight excluding hydrogens is 364 g/mol. The normalized spacial score (nSPS) is 11.9. The van der Waals surface area contributed by atoms with Gasteiger partial charge in [0, 0.05) is 30.1 Å². The van der Waals surface area contributed by atoms with Crippen molar-refractivity contribution >= 4 is 34.4 Å². The van der Waals surface area contributed by atoms with Crippen LogP contribution in [-0.4, -0.2) is 40.8 Å². The molecule has 0 fully saturated rings. The third-order valence-corrected chi connectivity index (χ3v) is 4.80. The van der Waals surface area contributed by atoms with E-state index in [1.165, 1.54) is 12.0 Å². The van der Waals surface area contributed by atoms with E-state index in [0.717, 1.165) is 22.0 Å². The maximum atomic E-state index is 12.6. The van der Waals surface area contributed by atoms with Crippen molar-refractivity contribution in [3.8, 4) is 0 Å². The number of para-hydroxylation sites is 1. The zero-order chi connectivity index (χ0) is 19.2. The summed E-state index contributed by atoms with van der Waals surface area (Å²) in [5, 5.41) is 1.02. The quantitative estimate of drug-likeness (QED) is 0.500. The molecule has 1 aromatic heterocycles. The predicted octanol–water partition coefficient (Wildman–Crippen LogP) is 3.52. The van der Waals surface area contributed by atoms with Gasteiger partial charge < -0.3 is 14.6 Å². The third-order valence-electron chi connectivity index (χ3n) is 4.57. The number of carbonyl (C=O) groups is 2. The second kappa shape index (κ2) is 8.73. The molecule has 0 bridgehead atoms. The summed E-state index contributed by atoms with van der Waals surface area (Å²) in [5.41, 5.74) is 2.85. The van der Waals surface area contributed by atoms with Crippen LogP contribution in [0, 0.1) is 0 Å². The number of methoxy groups -OCH3 is 1. The van der Waals surface area contributed by atoms with Gasteiger partial charge in [-0.2, -0.15) is 0 Å². The molecule has 0 saturated carbocycles. The second-order valence-corrected chi connectivity index (χ2v) is 6.51. The summed E-state index contributed by atoms with van der Waals surface area (Å²) in [6, 6.07) is 16.6. The number of H-pyrrole nitrogens is 1. The number of aromatic nitrogens is 1. The van der Waals surface area contributed by atoms with Crippen molar-refractivity contribution in [3.63, 3.8) is 0 Å². The average molecular weight is 385 g/mol. The van der Waals surface area contributed by atoms with Gasteiger partial charge in [0.25, 0.3) is 0 Å². The van der Waals surface area contributed by atoms with Crippen LogP contribution < -0.4 is 0 Å². The van der Waals surface area contributed by atoms with Crippen LogP contribution in [-0.2, 0) is 27.3 Å². The van der Waals surface area contributed by atoms with Crippen LogP contribution >= 0.6 is 11.6 Å². The molecule has 0 radical (unpaired) electrons. The minimum Gasteiger partial charge on any atom is -0.467 e. The fourth-order valence-electron chi connectivity index (χ4n) is 3.19. The number of carbonyl (C=O) groups excluding carboxylic acids is 2. The molecule has 0 unspecified atom stereocenters. The second-order valence-electron chi connectivity index (χ2n) is 6.24. The van der Waals surface area contributed by atoms with E-state index in [0.29, 0.717) is 6.42 Å². The Labute approximate surface area is 162 Å². The predicted molar refractivity (Wildman–Crippen MR) is 106 cm³/mol. The SMILES string of the molecule is COC(=O)[C@H](Cc1c[nH]c2ccccc12)N(Cc1ccccc1)C(=O)CCl. The highest BCUT2D eigenvalue weighted by Crippen LogP contribution is 2.22. The summed E-state index contributed by atoms with van der Waals surface area (Å²) in [7, 11) is 1.33. The monoisotopic (exact) mass is 384 g/mol. The molecule has 140 valence electrons. The molecule has 3 rings (SSSR count). The number of ether oxygens (including phenoxy) is 1. The van der Waals surface area contributed by atoms with Crippen LogP contribution in [0.1, 0.15) is 11.1 Å². The number of benzene rings is 2. The lowest BCUT2D eigenvalue weighted by atomic mass is 10.0. The summed E-state index contributed by atoms with van der Waals surface area (Å²) in [5.74, 6) is -0.973. The molecule has 27 heavy (non-hydrogen) atoms. The average Bonchev–Trinajstić information content (AvgIpc) is 3.13. The Morgan fingerprint density at radius 2 is 1.81 bits per heavy atom. The van der Waals surface area contributed by atoms with Gasteiger partial charge in [0.05, 0.1) is 7.11 Å². The van der Waals surface area contributed by atoms with Gasteiger partial charge in [-0.15, -0.1) is 11.6 Å². The topological polar surface area (TPSA) is 62.4 Å². The molecule has 0 spiro atoms. The minimum absolute atomic E-state index is 0.200. The molecule has 5 nitrogen and oxygen atoms in total. The highest BCUT2D eigenvalue weighted by molar-refractivity contribution is 6.27. The van der Waals surface area contributed by atoms with Crippen molar-refractivity contribution in [2.75, 3.05) is 13.0 Å². The van der Waals surface area contributed by atoms with Gasteiger partial charge >= 0.3 is 5.97 Å². The van der Waals surface area contributed by atoms with E-state index in [-0.39, 0.29) is 18.3 Å². The first-order valence-corrected chi connectivity index (χ1v) is 9.19. The number of aromatic amines is 1. The van der Waals surface area contributed by atoms with E-state index in [2.05, 4.69) is 4.98 Å². The first-order valence-electron chi connectivity index (χ1n) is 8.66. The van der Waals surface area contributed by atoms with E-state index in [9.17, 15) is 9.59 Å². The Hall–Kier alpha value is -2.79. The zero-order valence-corrected chi connectivity index (χ0v) is 15.8. The van der Waals surface area contributed by atoms with Gasteiger partial charge in [-0.1, -0.05) is 48.5 Å².